The van der Waals surface area contributed by atoms with Crippen LogP contribution in [0.3, 0.4) is 0 Å². The predicted molar refractivity (Wildman–Crippen MR) is 80.6 cm³/mol. The van der Waals surface area contributed by atoms with E-state index in [1.807, 2.05) is 31.2 Å². The number of likely N-dealkylation sites (N-methyl/N-ethyl adjacent to an activating group) is 1. The molecule has 1 aromatic carbocycles. The van der Waals surface area contributed by atoms with Crippen molar-refractivity contribution in [3.05, 3.63) is 60.4 Å². The molecule has 1 heterocycles. The zero-order chi connectivity index (χ0) is 15.1. The van der Waals surface area contributed by atoms with Crippen LogP contribution in [0.25, 0.3) is 0 Å². The molecule has 0 saturated heterocycles. The van der Waals surface area contributed by atoms with Crippen LogP contribution in [0.2, 0.25) is 0 Å². The van der Waals surface area contributed by atoms with Gasteiger partial charge in [-0.3, -0.25) is 14.6 Å². The van der Waals surface area contributed by atoms with Gasteiger partial charge in [0.05, 0.1) is 12.2 Å². The summed E-state index contributed by atoms with van der Waals surface area (Å²) in [5.74, 6) is -1.20. The third-order valence-corrected chi connectivity index (χ3v) is 2.98. The van der Waals surface area contributed by atoms with Crippen LogP contribution in [0.5, 0.6) is 0 Å². The highest BCUT2D eigenvalue weighted by molar-refractivity contribution is 6.40. The van der Waals surface area contributed by atoms with Crippen LogP contribution in [0, 0.1) is 0 Å². The lowest BCUT2D eigenvalue weighted by atomic mass is 10.2. The number of hydrogen-bond acceptors (Lipinski definition) is 3. The van der Waals surface area contributed by atoms with Crippen LogP contribution in [-0.2, 0) is 16.1 Å². The number of aromatic nitrogens is 1. The third-order valence-electron chi connectivity index (χ3n) is 2.98. The lowest BCUT2D eigenvalue weighted by molar-refractivity contribution is -0.137. The molecule has 1 aromatic heterocycles. The molecule has 1 N–H and O–H groups in total. The maximum Gasteiger partial charge on any atom is 0.316 e. The second kappa shape index (κ2) is 7.19. The standard InChI is InChI=1S/C16H17N3O2/c1-2-19(14-9-4-3-5-10-14)16(21)15(20)18-12-13-8-6-7-11-17-13/h3-11H,2,12H2,1H3,(H,18,20). The first kappa shape index (κ1) is 14.7. The number of benzene rings is 1. The van der Waals surface area contributed by atoms with E-state index in [-0.39, 0.29) is 6.54 Å². The Kier molecular flexibility index (Phi) is 5.04. The van der Waals surface area contributed by atoms with Crippen LogP contribution in [0.15, 0.2) is 54.7 Å². The van der Waals surface area contributed by atoms with E-state index in [1.165, 1.54) is 4.90 Å². The number of anilines is 1. The van der Waals surface area contributed by atoms with Crippen LogP contribution < -0.4 is 10.2 Å². The van der Waals surface area contributed by atoms with Crippen molar-refractivity contribution < 1.29 is 9.59 Å². The minimum Gasteiger partial charge on any atom is -0.342 e. The molecule has 5 heteroatoms. The summed E-state index contributed by atoms with van der Waals surface area (Å²) >= 11 is 0. The van der Waals surface area contributed by atoms with Gasteiger partial charge in [0.15, 0.2) is 0 Å². The van der Waals surface area contributed by atoms with Crippen LogP contribution in [-0.4, -0.2) is 23.3 Å². The molecular weight excluding hydrogens is 266 g/mol. The lowest BCUT2D eigenvalue weighted by Gasteiger charge is -2.20. The van der Waals surface area contributed by atoms with Crippen molar-refractivity contribution in [2.75, 3.05) is 11.4 Å². The van der Waals surface area contributed by atoms with E-state index in [4.69, 9.17) is 0 Å². The molecule has 21 heavy (non-hydrogen) atoms. The molecule has 0 fully saturated rings. The molecule has 0 aliphatic carbocycles. The smallest absolute Gasteiger partial charge is 0.316 e. The monoisotopic (exact) mass is 283 g/mol. The van der Waals surface area contributed by atoms with E-state index in [2.05, 4.69) is 10.3 Å². The SMILES string of the molecule is CCN(C(=O)C(=O)NCc1ccccn1)c1ccccc1. The van der Waals surface area contributed by atoms with E-state index in [1.54, 1.807) is 30.5 Å². The lowest BCUT2D eigenvalue weighted by Crippen LogP contribution is -2.43. The number of para-hydroxylation sites is 1. The first-order valence-corrected chi connectivity index (χ1v) is 6.77. The van der Waals surface area contributed by atoms with Gasteiger partial charge in [-0.1, -0.05) is 24.3 Å². The molecule has 0 unspecified atom stereocenters. The van der Waals surface area contributed by atoms with Crippen molar-refractivity contribution in [3.8, 4) is 0 Å². The van der Waals surface area contributed by atoms with Crippen molar-refractivity contribution in [2.45, 2.75) is 13.5 Å². The molecule has 0 atom stereocenters. The van der Waals surface area contributed by atoms with Crippen molar-refractivity contribution in [1.29, 1.82) is 0 Å². The second-order valence-electron chi connectivity index (χ2n) is 4.39. The van der Waals surface area contributed by atoms with Gasteiger partial charge in [0, 0.05) is 18.4 Å². The van der Waals surface area contributed by atoms with Gasteiger partial charge in [0.25, 0.3) is 0 Å². The van der Waals surface area contributed by atoms with Gasteiger partial charge in [0.1, 0.15) is 0 Å². The topological polar surface area (TPSA) is 62.3 Å². The number of nitrogens with zero attached hydrogens (tertiary/aromatic N) is 2. The number of hydrogen-bond donors (Lipinski definition) is 1. The Morgan fingerprint density at radius 3 is 2.43 bits per heavy atom. The number of amides is 2. The van der Waals surface area contributed by atoms with E-state index in [0.717, 1.165) is 0 Å². The van der Waals surface area contributed by atoms with E-state index >= 15 is 0 Å². The highest BCUT2D eigenvalue weighted by atomic mass is 16.2. The number of pyridine rings is 1. The van der Waals surface area contributed by atoms with E-state index in [0.29, 0.717) is 17.9 Å². The predicted octanol–water partition coefficient (Wildman–Crippen LogP) is 1.75. The molecule has 0 aliphatic heterocycles. The summed E-state index contributed by atoms with van der Waals surface area (Å²) in [6.45, 7) is 2.49. The fourth-order valence-corrected chi connectivity index (χ4v) is 1.92. The Bertz CT molecular complexity index is 599. The molecule has 2 rings (SSSR count). The summed E-state index contributed by atoms with van der Waals surface area (Å²) in [5.41, 5.74) is 1.42. The molecule has 0 aliphatic rings. The summed E-state index contributed by atoms with van der Waals surface area (Å²) in [6, 6.07) is 14.5. The Labute approximate surface area is 123 Å². The summed E-state index contributed by atoms with van der Waals surface area (Å²) < 4.78 is 0. The quantitative estimate of drug-likeness (QED) is 0.870. The van der Waals surface area contributed by atoms with Gasteiger partial charge in [-0.25, -0.2) is 0 Å². The molecule has 2 amide bonds. The van der Waals surface area contributed by atoms with E-state index in [9.17, 15) is 9.59 Å². The second-order valence-corrected chi connectivity index (χ2v) is 4.39. The van der Waals surface area contributed by atoms with E-state index < -0.39 is 11.8 Å². The molecule has 0 bridgehead atoms. The average molecular weight is 283 g/mol. The normalized spacial score (nSPS) is 9.95. The highest BCUT2D eigenvalue weighted by Gasteiger charge is 2.21. The number of rotatable bonds is 4. The van der Waals surface area contributed by atoms with Gasteiger partial charge >= 0.3 is 11.8 Å². The average Bonchev–Trinajstić information content (AvgIpc) is 2.55. The molecule has 0 saturated carbocycles. The fourth-order valence-electron chi connectivity index (χ4n) is 1.92. The molecule has 2 aromatic rings. The maximum absolute atomic E-state index is 12.2. The number of carbonyl (C=O) groups excluding carboxylic acids is 2. The number of nitrogens with one attached hydrogen (secondary N) is 1. The van der Waals surface area contributed by atoms with Crippen molar-refractivity contribution >= 4 is 17.5 Å². The van der Waals surface area contributed by atoms with Gasteiger partial charge in [-0.15, -0.1) is 0 Å². The molecule has 5 nitrogen and oxygen atoms in total. The molecule has 0 radical (unpaired) electrons. The Morgan fingerprint density at radius 2 is 1.81 bits per heavy atom. The zero-order valence-corrected chi connectivity index (χ0v) is 11.8. The highest BCUT2D eigenvalue weighted by Crippen LogP contribution is 2.12. The minimum absolute atomic E-state index is 0.234. The van der Waals surface area contributed by atoms with Crippen LogP contribution >= 0.6 is 0 Å². The largest absolute Gasteiger partial charge is 0.342 e. The summed E-state index contributed by atoms with van der Waals surface area (Å²) in [7, 11) is 0. The summed E-state index contributed by atoms with van der Waals surface area (Å²) in [5, 5.41) is 2.59. The van der Waals surface area contributed by atoms with Crippen molar-refractivity contribution in [2.24, 2.45) is 0 Å². The third kappa shape index (κ3) is 3.89. The summed E-state index contributed by atoms with van der Waals surface area (Å²) in [4.78, 5) is 29.7. The van der Waals surface area contributed by atoms with Gasteiger partial charge in [0.2, 0.25) is 0 Å². The zero-order valence-electron chi connectivity index (χ0n) is 11.8. The first-order chi connectivity index (χ1) is 10.2. The molecular formula is C16H17N3O2. The molecule has 108 valence electrons. The van der Waals surface area contributed by atoms with Crippen molar-refractivity contribution in [1.82, 2.24) is 10.3 Å². The summed E-state index contributed by atoms with van der Waals surface area (Å²) in [6.07, 6.45) is 1.64. The van der Waals surface area contributed by atoms with Crippen LogP contribution in [0.1, 0.15) is 12.6 Å². The van der Waals surface area contributed by atoms with Gasteiger partial charge in [-0.2, -0.15) is 0 Å². The van der Waals surface area contributed by atoms with Gasteiger partial charge < -0.3 is 10.2 Å². The van der Waals surface area contributed by atoms with Gasteiger partial charge in [-0.05, 0) is 31.2 Å². The van der Waals surface area contributed by atoms with Crippen LogP contribution in [0.4, 0.5) is 5.69 Å². The first-order valence-electron chi connectivity index (χ1n) is 6.77. The molecule has 0 spiro atoms. The Balaban J connectivity index is 1.99. The Morgan fingerprint density at radius 1 is 1.10 bits per heavy atom. The van der Waals surface area contributed by atoms with Crippen molar-refractivity contribution in [3.63, 3.8) is 0 Å². The Hall–Kier alpha value is -2.69. The number of carbonyl (C=O) groups is 2. The minimum atomic E-state index is -0.633. The maximum atomic E-state index is 12.2. The fraction of sp³-hybridized carbons (Fsp3) is 0.188.